The quantitative estimate of drug-likeness (QED) is 0.737. The van der Waals surface area contributed by atoms with Crippen molar-refractivity contribution in [1.29, 1.82) is 0 Å². The van der Waals surface area contributed by atoms with Crippen molar-refractivity contribution < 1.29 is 13.2 Å². The minimum absolute atomic E-state index is 0.321. The summed E-state index contributed by atoms with van der Waals surface area (Å²) in [6.45, 7) is -0.321. The number of nitrogens with zero attached hydrogens (tertiary/aromatic N) is 2. The molecule has 0 aliphatic carbocycles. The summed E-state index contributed by atoms with van der Waals surface area (Å²) in [7, 11) is 1.57. The molecule has 0 amide bonds. The zero-order valence-corrected chi connectivity index (χ0v) is 9.20. The van der Waals surface area contributed by atoms with E-state index < -0.39 is 11.7 Å². The van der Waals surface area contributed by atoms with Crippen LogP contribution in [0.2, 0.25) is 0 Å². The summed E-state index contributed by atoms with van der Waals surface area (Å²) < 4.78 is 37.4. The molecule has 1 heterocycles. The molecule has 5 heteroatoms. The van der Waals surface area contributed by atoms with Crippen molar-refractivity contribution in [2.24, 2.45) is 4.99 Å². The van der Waals surface area contributed by atoms with E-state index in [0.29, 0.717) is 5.84 Å². The molecule has 0 atom stereocenters. The normalized spacial score (nSPS) is 16.6. The molecule has 1 aromatic rings. The van der Waals surface area contributed by atoms with E-state index in [2.05, 4.69) is 4.99 Å². The lowest BCUT2D eigenvalue weighted by molar-refractivity contribution is -0.0932. The molecule has 1 aliphatic heterocycles. The molecular formula is C12H11F3N2. The fourth-order valence-corrected chi connectivity index (χ4v) is 1.65. The molecule has 17 heavy (non-hydrogen) atoms. The van der Waals surface area contributed by atoms with Crippen LogP contribution in [0.5, 0.6) is 0 Å². The maximum atomic E-state index is 12.5. The lowest BCUT2D eigenvalue weighted by Gasteiger charge is -2.24. The van der Waals surface area contributed by atoms with Gasteiger partial charge in [0.05, 0.1) is 12.1 Å². The number of aliphatic imine (C=N–C) groups is 1. The van der Waals surface area contributed by atoms with Gasteiger partial charge in [-0.2, -0.15) is 13.2 Å². The van der Waals surface area contributed by atoms with Crippen LogP contribution in [0.3, 0.4) is 0 Å². The van der Waals surface area contributed by atoms with Gasteiger partial charge >= 0.3 is 6.18 Å². The molecule has 0 spiro atoms. The topological polar surface area (TPSA) is 15.6 Å². The maximum Gasteiger partial charge on any atom is 0.415 e. The monoisotopic (exact) mass is 240 g/mol. The Labute approximate surface area is 97.1 Å². The number of benzene rings is 1. The van der Waals surface area contributed by atoms with Gasteiger partial charge < -0.3 is 4.90 Å². The summed E-state index contributed by atoms with van der Waals surface area (Å²) in [5, 5.41) is 0. The van der Waals surface area contributed by atoms with Crippen molar-refractivity contribution in [1.82, 2.24) is 4.90 Å². The third kappa shape index (κ3) is 2.49. The van der Waals surface area contributed by atoms with Crippen molar-refractivity contribution in [3.05, 3.63) is 47.7 Å². The Bertz CT molecular complexity index is 460. The van der Waals surface area contributed by atoms with Crippen LogP contribution in [-0.4, -0.2) is 30.5 Å². The molecule has 0 aromatic heterocycles. The van der Waals surface area contributed by atoms with E-state index >= 15 is 0 Å². The number of hydrogen-bond acceptors (Lipinski definition) is 2. The first-order chi connectivity index (χ1) is 7.98. The van der Waals surface area contributed by atoms with Gasteiger partial charge in [-0.1, -0.05) is 30.3 Å². The summed E-state index contributed by atoms with van der Waals surface area (Å²) in [5.74, 6) is 0.554. The first-order valence-corrected chi connectivity index (χ1v) is 5.09. The van der Waals surface area contributed by atoms with Crippen molar-refractivity contribution in [3.8, 4) is 0 Å². The molecule has 90 valence electrons. The number of halogens is 3. The lowest BCUT2D eigenvalue weighted by Crippen LogP contribution is -2.30. The Morgan fingerprint density at radius 3 is 2.35 bits per heavy atom. The highest BCUT2D eigenvalue weighted by Crippen LogP contribution is 2.28. The minimum Gasteiger partial charge on any atom is -0.336 e. The van der Waals surface area contributed by atoms with Gasteiger partial charge in [-0.25, -0.2) is 0 Å². The summed E-state index contributed by atoms with van der Waals surface area (Å²) in [6.07, 6.45) is -3.21. The van der Waals surface area contributed by atoms with Crippen LogP contribution in [-0.2, 0) is 0 Å². The van der Waals surface area contributed by atoms with Crippen LogP contribution in [0.25, 0.3) is 0 Å². The average Bonchev–Trinajstić information content (AvgIpc) is 2.29. The molecular weight excluding hydrogens is 229 g/mol. The van der Waals surface area contributed by atoms with E-state index in [1.54, 1.807) is 7.05 Å². The van der Waals surface area contributed by atoms with E-state index in [0.717, 1.165) is 11.8 Å². The van der Waals surface area contributed by atoms with Crippen molar-refractivity contribution >= 4 is 5.84 Å². The van der Waals surface area contributed by atoms with Gasteiger partial charge in [0.1, 0.15) is 5.84 Å². The van der Waals surface area contributed by atoms with Crippen molar-refractivity contribution in [2.45, 2.75) is 6.18 Å². The second-order valence-corrected chi connectivity index (χ2v) is 3.77. The zero-order chi connectivity index (χ0) is 12.5. The van der Waals surface area contributed by atoms with Gasteiger partial charge in [0.2, 0.25) is 0 Å². The molecule has 2 rings (SSSR count). The molecule has 0 saturated heterocycles. The minimum atomic E-state index is -4.31. The van der Waals surface area contributed by atoms with E-state index in [1.807, 2.05) is 30.3 Å². The Hall–Kier alpha value is -1.78. The number of rotatable bonds is 1. The molecule has 0 radical (unpaired) electrons. The van der Waals surface area contributed by atoms with Gasteiger partial charge in [-0.05, 0) is 0 Å². The van der Waals surface area contributed by atoms with Crippen LogP contribution in [0.4, 0.5) is 13.2 Å². The van der Waals surface area contributed by atoms with Crippen molar-refractivity contribution in [2.75, 3.05) is 13.6 Å². The highest BCUT2D eigenvalue weighted by Gasteiger charge is 2.35. The van der Waals surface area contributed by atoms with Crippen LogP contribution in [0.15, 0.2) is 47.1 Å². The van der Waals surface area contributed by atoms with Gasteiger partial charge in [0.15, 0.2) is 0 Å². The van der Waals surface area contributed by atoms with Crippen LogP contribution in [0, 0.1) is 0 Å². The standard InChI is InChI=1S/C12H11F3N2/c1-17-8-10(12(13,14)15)7-16-11(17)9-5-3-2-4-6-9/h2-6,8H,7H2,1H3. The summed E-state index contributed by atoms with van der Waals surface area (Å²) in [6, 6.07) is 9.15. The van der Waals surface area contributed by atoms with E-state index in [-0.39, 0.29) is 6.54 Å². The molecule has 0 fully saturated rings. The lowest BCUT2D eigenvalue weighted by atomic mass is 10.1. The zero-order valence-electron chi connectivity index (χ0n) is 9.20. The molecule has 1 aliphatic rings. The third-order valence-corrected chi connectivity index (χ3v) is 2.48. The van der Waals surface area contributed by atoms with Gasteiger partial charge in [0, 0.05) is 18.8 Å². The third-order valence-electron chi connectivity index (χ3n) is 2.48. The maximum absolute atomic E-state index is 12.5. The van der Waals surface area contributed by atoms with Gasteiger partial charge in [-0.3, -0.25) is 4.99 Å². The SMILES string of the molecule is CN1C=C(C(F)(F)F)CN=C1c1ccccc1. The molecule has 0 unspecified atom stereocenters. The van der Waals surface area contributed by atoms with Gasteiger partial charge in [-0.15, -0.1) is 0 Å². The van der Waals surface area contributed by atoms with Crippen molar-refractivity contribution in [3.63, 3.8) is 0 Å². The van der Waals surface area contributed by atoms with Crippen LogP contribution in [0.1, 0.15) is 5.56 Å². The van der Waals surface area contributed by atoms with E-state index in [1.165, 1.54) is 4.90 Å². The second kappa shape index (κ2) is 4.24. The molecule has 0 bridgehead atoms. The molecule has 1 aromatic carbocycles. The Balaban J connectivity index is 2.24. The summed E-state index contributed by atoms with van der Waals surface area (Å²) in [4.78, 5) is 5.39. The number of alkyl halides is 3. The van der Waals surface area contributed by atoms with Gasteiger partial charge in [0.25, 0.3) is 0 Å². The fraction of sp³-hybridized carbons (Fsp3) is 0.250. The Kier molecular flexibility index (Phi) is 2.92. The average molecular weight is 240 g/mol. The second-order valence-electron chi connectivity index (χ2n) is 3.77. The fourth-order valence-electron chi connectivity index (χ4n) is 1.65. The Morgan fingerprint density at radius 1 is 1.18 bits per heavy atom. The predicted molar refractivity (Wildman–Crippen MR) is 59.7 cm³/mol. The summed E-state index contributed by atoms with van der Waals surface area (Å²) in [5.41, 5.74) is 0.187. The highest BCUT2D eigenvalue weighted by molar-refractivity contribution is 5.99. The van der Waals surface area contributed by atoms with Crippen LogP contribution >= 0.6 is 0 Å². The predicted octanol–water partition coefficient (Wildman–Crippen LogP) is 2.82. The first-order valence-electron chi connectivity index (χ1n) is 5.09. The Morgan fingerprint density at radius 2 is 1.82 bits per heavy atom. The van der Waals surface area contributed by atoms with E-state index in [4.69, 9.17) is 0 Å². The van der Waals surface area contributed by atoms with Crippen LogP contribution < -0.4 is 0 Å². The highest BCUT2D eigenvalue weighted by atomic mass is 19.4. The molecule has 0 saturated carbocycles. The molecule has 0 N–H and O–H groups in total. The smallest absolute Gasteiger partial charge is 0.336 e. The first kappa shape index (κ1) is 11.7. The van der Waals surface area contributed by atoms with E-state index in [9.17, 15) is 13.2 Å². The largest absolute Gasteiger partial charge is 0.415 e. The number of amidine groups is 1. The summed E-state index contributed by atoms with van der Waals surface area (Å²) >= 11 is 0. The number of hydrogen-bond donors (Lipinski definition) is 0. The molecule has 2 nitrogen and oxygen atoms in total.